The lowest BCUT2D eigenvalue weighted by atomic mass is 10.2. The van der Waals surface area contributed by atoms with Crippen LogP contribution >= 0.6 is 27.5 Å². The van der Waals surface area contributed by atoms with Crippen LogP contribution in [-0.4, -0.2) is 19.0 Å². The van der Waals surface area contributed by atoms with Gasteiger partial charge >= 0.3 is 0 Å². The standard InChI is InChI=1S/C11H14BrClN2O/c1-8(16)15-5-4-14-7-9-2-3-10(12)11(13)6-9/h2-3,6,14H,4-5,7H2,1H3,(H,15,16). The van der Waals surface area contributed by atoms with Gasteiger partial charge < -0.3 is 10.6 Å². The lowest BCUT2D eigenvalue weighted by Gasteiger charge is -2.06. The van der Waals surface area contributed by atoms with E-state index in [1.54, 1.807) is 0 Å². The summed E-state index contributed by atoms with van der Waals surface area (Å²) in [4.78, 5) is 10.6. The van der Waals surface area contributed by atoms with Crippen molar-refractivity contribution in [3.63, 3.8) is 0 Å². The summed E-state index contributed by atoms with van der Waals surface area (Å²) in [6, 6.07) is 5.84. The molecular formula is C11H14BrClN2O. The number of nitrogens with one attached hydrogen (secondary N) is 2. The van der Waals surface area contributed by atoms with Crippen molar-refractivity contribution in [2.24, 2.45) is 0 Å². The van der Waals surface area contributed by atoms with Gasteiger partial charge in [-0.25, -0.2) is 0 Å². The summed E-state index contributed by atoms with van der Waals surface area (Å²) in [6.07, 6.45) is 0. The first-order valence-corrected chi connectivity index (χ1v) is 6.16. The van der Waals surface area contributed by atoms with Crippen LogP contribution in [-0.2, 0) is 11.3 Å². The van der Waals surface area contributed by atoms with Gasteiger partial charge in [-0.1, -0.05) is 17.7 Å². The van der Waals surface area contributed by atoms with Crippen molar-refractivity contribution in [1.82, 2.24) is 10.6 Å². The quantitative estimate of drug-likeness (QED) is 0.820. The van der Waals surface area contributed by atoms with Crippen LogP contribution in [0.2, 0.25) is 5.02 Å². The molecule has 0 aromatic heterocycles. The Hall–Kier alpha value is -0.580. The zero-order valence-corrected chi connectivity index (χ0v) is 11.4. The molecule has 0 aliphatic rings. The fourth-order valence-electron chi connectivity index (χ4n) is 1.21. The van der Waals surface area contributed by atoms with Crippen molar-refractivity contribution in [3.8, 4) is 0 Å². The summed E-state index contributed by atoms with van der Waals surface area (Å²) in [5, 5.41) is 6.64. The number of carbonyl (C=O) groups excluding carboxylic acids is 1. The summed E-state index contributed by atoms with van der Waals surface area (Å²) >= 11 is 9.30. The van der Waals surface area contributed by atoms with E-state index in [1.807, 2.05) is 18.2 Å². The van der Waals surface area contributed by atoms with Gasteiger partial charge in [-0.05, 0) is 33.6 Å². The Morgan fingerprint density at radius 1 is 1.44 bits per heavy atom. The molecule has 0 aliphatic carbocycles. The molecule has 0 bridgehead atoms. The topological polar surface area (TPSA) is 41.1 Å². The van der Waals surface area contributed by atoms with Crippen molar-refractivity contribution < 1.29 is 4.79 Å². The highest BCUT2D eigenvalue weighted by molar-refractivity contribution is 9.10. The van der Waals surface area contributed by atoms with Gasteiger partial charge in [0.15, 0.2) is 0 Å². The molecule has 0 radical (unpaired) electrons. The second-order valence-electron chi connectivity index (χ2n) is 3.41. The first-order valence-electron chi connectivity index (χ1n) is 4.98. The van der Waals surface area contributed by atoms with Crippen molar-refractivity contribution >= 4 is 33.4 Å². The number of hydrogen-bond acceptors (Lipinski definition) is 2. The van der Waals surface area contributed by atoms with Crippen LogP contribution in [0.5, 0.6) is 0 Å². The molecule has 1 amide bonds. The van der Waals surface area contributed by atoms with Crippen molar-refractivity contribution in [3.05, 3.63) is 33.3 Å². The Bertz CT molecular complexity index is 371. The molecule has 88 valence electrons. The summed E-state index contributed by atoms with van der Waals surface area (Å²) in [5.41, 5.74) is 1.12. The zero-order chi connectivity index (χ0) is 12.0. The number of carbonyl (C=O) groups is 1. The summed E-state index contributed by atoms with van der Waals surface area (Å²) in [7, 11) is 0. The SMILES string of the molecule is CC(=O)NCCNCc1ccc(Br)c(Cl)c1. The lowest BCUT2D eigenvalue weighted by Crippen LogP contribution is -2.29. The van der Waals surface area contributed by atoms with Crippen molar-refractivity contribution in [2.45, 2.75) is 13.5 Å². The van der Waals surface area contributed by atoms with E-state index < -0.39 is 0 Å². The minimum Gasteiger partial charge on any atom is -0.355 e. The van der Waals surface area contributed by atoms with Crippen LogP contribution in [0.15, 0.2) is 22.7 Å². The molecule has 16 heavy (non-hydrogen) atoms. The van der Waals surface area contributed by atoms with E-state index >= 15 is 0 Å². The molecule has 5 heteroatoms. The van der Waals surface area contributed by atoms with E-state index in [2.05, 4.69) is 26.6 Å². The summed E-state index contributed by atoms with van der Waals surface area (Å²) < 4.78 is 0.899. The second kappa shape index (κ2) is 6.89. The maximum absolute atomic E-state index is 10.6. The third kappa shape index (κ3) is 4.96. The lowest BCUT2D eigenvalue weighted by molar-refractivity contribution is -0.118. The van der Waals surface area contributed by atoms with E-state index in [0.29, 0.717) is 11.6 Å². The molecule has 1 aromatic rings. The normalized spacial score (nSPS) is 10.2. The Kier molecular flexibility index (Phi) is 5.80. The van der Waals surface area contributed by atoms with Gasteiger partial charge in [0.2, 0.25) is 5.91 Å². The average molecular weight is 306 g/mol. The van der Waals surface area contributed by atoms with Gasteiger partial charge in [-0.15, -0.1) is 0 Å². The van der Waals surface area contributed by atoms with E-state index in [-0.39, 0.29) is 5.91 Å². The third-order valence-electron chi connectivity index (χ3n) is 1.99. The molecule has 0 saturated heterocycles. The van der Waals surface area contributed by atoms with Crippen molar-refractivity contribution in [2.75, 3.05) is 13.1 Å². The maximum Gasteiger partial charge on any atom is 0.216 e. The van der Waals surface area contributed by atoms with Gasteiger partial charge in [0.05, 0.1) is 5.02 Å². The van der Waals surface area contributed by atoms with Crippen LogP contribution in [0.3, 0.4) is 0 Å². The molecule has 1 aromatic carbocycles. The fraction of sp³-hybridized carbons (Fsp3) is 0.364. The molecule has 0 aliphatic heterocycles. The van der Waals surface area contributed by atoms with E-state index in [4.69, 9.17) is 11.6 Å². The molecule has 2 N–H and O–H groups in total. The molecule has 0 fully saturated rings. The minimum absolute atomic E-state index is 0.00603. The third-order valence-corrected chi connectivity index (χ3v) is 3.22. The molecule has 0 heterocycles. The molecule has 0 atom stereocenters. The van der Waals surface area contributed by atoms with Gasteiger partial charge in [0.1, 0.15) is 0 Å². The molecule has 1 rings (SSSR count). The Morgan fingerprint density at radius 2 is 2.19 bits per heavy atom. The smallest absolute Gasteiger partial charge is 0.216 e. The molecule has 3 nitrogen and oxygen atoms in total. The number of rotatable bonds is 5. The summed E-state index contributed by atoms with van der Waals surface area (Å²) in [6.45, 7) is 3.63. The fourth-order valence-corrected chi connectivity index (χ4v) is 1.66. The van der Waals surface area contributed by atoms with Crippen LogP contribution < -0.4 is 10.6 Å². The van der Waals surface area contributed by atoms with Gasteiger partial charge in [-0.2, -0.15) is 0 Å². The van der Waals surface area contributed by atoms with E-state index in [9.17, 15) is 4.79 Å². The predicted molar refractivity (Wildman–Crippen MR) is 69.5 cm³/mol. The molecule has 0 spiro atoms. The summed E-state index contributed by atoms with van der Waals surface area (Å²) in [5.74, 6) is -0.00603. The molecular weight excluding hydrogens is 291 g/mol. The Morgan fingerprint density at radius 3 is 2.81 bits per heavy atom. The minimum atomic E-state index is -0.00603. The van der Waals surface area contributed by atoms with E-state index in [1.165, 1.54) is 6.92 Å². The van der Waals surface area contributed by atoms with Crippen molar-refractivity contribution in [1.29, 1.82) is 0 Å². The van der Waals surface area contributed by atoms with Gasteiger partial charge in [0.25, 0.3) is 0 Å². The maximum atomic E-state index is 10.6. The zero-order valence-electron chi connectivity index (χ0n) is 9.02. The van der Waals surface area contributed by atoms with Crippen LogP contribution in [0, 0.1) is 0 Å². The van der Waals surface area contributed by atoms with Crippen LogP contribution in [0.4, 0.5) is 0 Å². The highest BCUT2D eigenvalue weighted by atomic mass is 79.9. The first-order chi connectivity index (χ1) is 7.59. The van der Waals surface area contributed by atoms with Crippen LogP contribution in [0.25, 0.3) is 0 Å². The Labute approximate surface area is 109 Å². The van der Waals surface area contributed by atoms with Crippen LogP contribution in [0.1, 0.15) is 12.5 Å². The number of benzene rings is 1. The highest BCUT2D eigenvalue weighted by Crippen LogP contribution is 2.22. The molecule has 0 saturated carbocycles. The van der Waals surface area contributed by atoms with Gasteiger partial charge in [0, 0.05) is 31.0 Å². The number of amides is 1. The average Bonchev–Trinajstić information content (AvgIpc) is 2.22. The van der Waals surface area contributed by atoms with Gasteiger partial charge in [-0.3, -0.25) is 4.79 Å². The number of hydrogen-bond donors (Lipinski definition) is 2. The first kappa shape index (κ1) is 13.5. The predicted octanol–water partition coefficient (Wildman–Crippen LogP) is 2.33. The number of halogens is 2. The molecule has 0 unspecified atom stereocenters. The largest absolute Gasteiger partial charge is 0.355 e. The Balaban J connectivity index is 2.27. The highest BCUT2D eigenvalue weighted by Gasteiger charge is 1.98. The van der Waals surface area contributed by atoms with E-state index in [0.717, 1.165) is 23.1 Å². The second-order valence-corrected chi connectivity index (χ2v) is 4.67. The monoisotopic (exact) mass is 304 g/mol.